The van der Waals surface area contributed by atoms with Crippen molar-refractivity contribution in [3.63, 3.8) is 0 Å². The molecule has 0 fully saturated rings. The first-order valence-corrected chi connectivity index (χ1v) is 4.47. The smallest absolute Gasteiger partial charge is 0.337 e. The lowest BCUT2D eigenvalue weighted by molar-refractivity contribution is -0.157. The molecule has 0 radical (unpaired) electrons. The van der Waals surface area contributed by atoms with E-state index in [1.807, 2.05) is 0 Å². The van der Waals surface area contributed by atoms with Gasteiger partial charge in [0.2, 0.25) is 0 Å². The van der Waals surface area contributed by atoms with Crippen molar-refractivity contribution in [3.8, 4) is 0 Å². The normalized spacial score (nSPS) is 14.2. The van der Waals surface area contributed by atoms with Crippen molar-refractivity contribution < 1.29 is 32.9 Å². The number of carbonyl (C=O) groups is 1. The fourth-order valence-corrected chi connectivity index (χ4v) is 1.22. The third kappa shape index (κ3) is 2.56. The van der Waals surface area contributed by atoms with Gasteiger partial charge in [-0.15, -0.1) is 0 Å². The summed E-state index contributed by atoms with van der Waals surface area (Å²) in [7, 11) is 0.913. The Hall–Kier alpha value is -1.60. The van der Waals surface area contributed by atoms with Crippen molar-refractivity contribution in [3.05, 3.63) is 35.1 Å². The summed E-state index contributed by atoms with van der Waals surface area (Å²) in [4.78, 5) is 10.9. The molecule has 1 rings (SSSR count). The van der Waals surface area contributed by atoms with Gasteiger partial charge in [0.05, 0.1) is 12.7 Å². The largest absolute Gasteiger partial charge is 0.467 e. The minimum Gasteiger partial charge on any atom is -0.467 e. The Morgan fingerprint density at radius 1 is 1.24 bits per heavy atom. The van der Waals surface area contributed by atoms with Gasteiger partial charge in [-0.2, -0.15) is 0 Å². The van der Waals surface area contributed by atoms with E-state index in [1.165, 1.54) is 0 Å². The Morgan fingerprint density at radius 3 is 2.29 bits per heavy atom. The maximum atomic E-state index is 13.2. The maximum absolute atomic E-state index is 13.2. The van der Waals surface area contributed by atoms with Crippen LogP contribution in [0.2, 0.25) is 0 Å². The summed E-state index contributed by atoms with van der Waals surface area (Å²) in [5.74, 6) is -5.64. The number of carbonyl (C=O) groups excluding carboxylic acids is 1. The van der Waals surface area contributed by atoms with E-state index in [4.69, 9.17) is 0 Å². The molecule has 1 aromatic rings. The second kappa shape index (κ2) is 5.15. The van der Waals surface area contributed by atoms with Crippen LogP contribution in [0.5, 0.6) is 0 Å². The maximum Gasteiger partial charge on any atom is 0.337 e. The number of aliphatic hydroxyl groups excluding tert-OH is 2. The third-order valence-electron chi connectivity index (χ3n) is 2.12. The minimum atomic E-state index is -2.25. The summed E-state index contributed by atoms with van der Waals surface area (Å²) >= 11 is 0. The summed E-state index contributed by atoms with van der Waals surface area (Å²) in [5, 5.41) is 18.6. The highest BCUT2D eigenvalue weighted by Crippen LogP contribution is 2.25. The van der Waals surface area contributed by atoms with Crippen LogP contribution < -0.4 is 0 Å². The van der Waals surface area contributed by atoms with E-state index in [1.54, 1.807) is 0 Å². The minimum absolute atomic E-state index is 0.519. The van der Waals surface area contributed by atoms with E-state index in [0.29, 0.717) is 12.1 Å². The van der Waals surface area contributed by atoms with Crippen molar-refractivity contribution in [2.45, 2.75) is 12.2 Å². The summed E-state index contributed by atoms with van der Waals surface area (Å²) in [6.07, 6.45) is -4.45. The van der Waals surface area contributed by atoms with E-state index < -0.39 is 41.2 Å². The SMILES string of the molecule is COC(=O)C(O)C(O)c1c(F)ccc(F)c1F. The highest BCUT2D eigenvalue weighted by atomic mass is 19.2. The van der Waals surface area contributed by atoms with Crippen LogP contribution in [0.25, 0.3) is 0 Å². The zero-order valence-electron chi connectivity index (χ0n) is 8.65. The fraction of sp³-hybridized carbons (Fsp3) is 0.300. The number of aliphatic hydroxyl groups is 2. The van der Waals surface area contributed by atoms with Gasteiger partial charge in [0, 0.05) is 0 Å². The first kappa shape index (κ1) is 13.5. The Bertz CT molecular complexity index is 436. The van der Waals surface area contributed by atoms with E-state index in [9.17, 15) is 28.2 Å². The monoisotopic (exact) mass is 250 g/mol. The molecule has 2 atom stereocenters. The topological polar surface area (TPSA) is 66.8 Å². The molecule has 0 aliphatic rings. The van der Waals surface area contributed by atoms with Gasteiger partial charge in [-0.1, -0.05) is 0 Å². The molecule has 0 saturated heterocycles. The van der Waals surface area contributed by atoms with Crippen LogP contribution in [-0.2, 0) is 9.53 Å². The zero-order chi connectivity index (χ0) is 13.2. The lowest BCUT2D eigenvalue weighted by Gasteiger charge is -2.17. The van der Waals surface area contributed by atoms with Crippen LogP contribution in [0.1, 0.15) is 11.7 Å². The molecule has 0 aliphatic heterocycles. The molecule has 0 aliphatic carbocycles. The average molecular weight is 250 g/mol. The number of benzene rings is 1. The highest BCUT2D eigenvalue weighted by molar-refractivity contribution is 5.75. The van der Waals surface area contributed by atoms with E-state index in [-0.39, 0.29) is 0 Å². The van der Waals surface area contributed by atoms with Crippen LogP contribution >= 0.6 is 0 Å². The first-order chi connectivity index (χ1) is 7.90. The van der Waals surface area contributed by atoms with Crippen molar-refractivity contribution in [2.75, 3.05) is 7.11 Å². The Balaban J connectivity index is 3.16. The molecule has 0 aromatic heterocycles. The second-order valence-electron chi connectivity index (χ2n) is 3.17. The third-order valence-corrected chi connectivity index (χ3v) is 2.12. The molecular formula is C10H9F3O4. The number of hydrogen-bond donors (Lipinski definition) is 2. The van der Waals surface area contributed by atoms with Crippen LogP contribution in [0.3, 0.4) is 0 Å². The summed E-state index contributed by atoms with van der Waals surface area (Å²) in [5.41, 5.74) is -1.12. The number of ether oxygens (including phenoxy) is 1. The average Bonchev–Trinajstić information content (AvgIpc) is 2.32. The number of halogens is 3. The quantitative estimate of drug-likeness (QED) is 0.611. The molecule has 7 heteroatoms. The van der Waals surface area contributed by atoms with Gasteiger partial charge in [-0.3, -0.25) is 0 Å². The van der Waals surface area contributed by atoms with Gasteiger partial charge < -0.3 is 14.9 Å². The molecule has 17 heavy (non-hydrogen) atoms. The number of rotatable bonds is 3. The molecular weight excluding hydrogens is 241 g/mol. The van der Waals surface area contributed by atoms with Crippen LogP contribution in [0.15, 0.2) is 12.1 Å². The molecule has 4 nitrogen and oxygen atoms in total. The molecule has 2 N–H and O–H groups in total. The van der Waals surface area contributed by atoms with E-state index >= 15 is 0 Å². The molecule has 0 bridgehead atoms. The lowest BCUT2D eigenvalue weighted by Crippen LogP contribution is -2.30. The molecule has 0 spiro atoms. The van der Waals surface area contributed by atoms with Gasteiger partial charge >= 0.3 is 5.97 Å². The number of hydrogen-bond acceptors (Lipinski definition) is 4. The molecule has 2 unspecified atom stereocenters. The number of methoxy groups -OCH3 is 1. The number of esters is 1. The molecule has 0 saturated carbocycles. The Kier molecular flexibility index (Phi) is 4.08. The van der Waals surface area contributed by atoms with E-state index in [0.717, 1.165) is 7.11 Å². The predicted molar refractivity (Wildman–Crippen MR) is 49.3 cm³/mol. The lowest BCUT2D eigenvalue weighted by atomic mass is 10.0. The van der Waals surface area contributed by atoms with Gasteiger partial charge in [0.15, 0.2) is 17.7 Å². The summed E-state index contributed by atoms with van der Waals surface area (Å²) in [6, 6.07) is 1.09. The summed E-state index contributed by atoms with van der Waals surface area (Å²) in [6.45, 7) is 0. The predicted octanol–water partition coefficient (Wildman–Crippen LogP) is 0.671. The van der Waals surface area contributed by atoms with Crippen molar-refractivity contribution in [2.24, 2.45) is 0 Å². The van der Waals surface area contributed by atoms with Crippen LogP contribution in [-0.4, -0.2) is 29.4 Å². The Morgan fingerprint density at radius 2 is 1.76 bits per heavy atom. The van der Waals surface area contributed by atoms with Gasteiger partial charge in [-0.25, -0.2) is 18.0 Å². The van der Waals surface area contributed by atoms with Crippen molar-refractivity contribution in [1.29, 1.82) is 0 Å². The second-order valence-corrected chi connectivity index (χ2v) is 3.17. The van der Waals surface area contributed by atoms with Crippen LogP contribution in [0.4, 0.5) is 13.2 Å². The van der Waals surface area contributed by atoms with Gasteiger partial charge in [0.25, 0.3) is 0 Å². The standard InChI is InChI=1S/C10H9F3O4/c1-17-10(16)9(15)8(14)6-4(11)2-3-5(12)7(6)13/h2-3,8-9,14-15H,1H3. The Labute approximate surface area is 94.3 Å². The molecule has 1 aromatic carbocycles. The molecule has 0 amide bonds. The molecule has 94 valence electrons. The fourth-order valence-electron chi connectivity index (χ4n) is 1.22. The van der Waals surface area contributed by atoms with Gasteiger partial charge in [0.1, 0.15) is 11.9 Å². The van der Waals surface area contributed by atoms with E-state index in [2.05, 4.69) is 4.74 Å². The zero-order valence-corrected chi connectivity index (χ0v) is 8.65. The van der Waals surface area contributed by atoms with Crippen molar-refractivity contribution >= 4 is 5.97 Å². The van der Waals surface area contributed by atoms with Gasteiger partial charge in [-0.05, 0) is 12.1 Å². The van der Waals surface area contributed by atoms with Crippen molar-refractivity contribution in [1.82, 2.24) is 0 Å². The van der Waals surface area contributed by atoms with Crippen LogP contribution in [0, 0.1) is 17.5 Å². The highest BCUT2D eigenvalue weighted by Gasteiger charge is 2.32. The summed E-state index contributed by atoms with van der Waals surface area (Å²) < 4.78 is 43.3. The molecule has 0 heterocycles. The first-order valence-electron chi connectivity index (χ1n) is 4.47.